The van der Waals surface area contributed by atoms with Crippen molar-refractivity contribution in [3.8, 4) is 18.1 Å². The van der Waals surface area contributed by atoms with E-state index in [1.54, 1.807) is 7.11 Å². The zero-order chi connectivity index (χ0) is 21.2. The number of hydrogen-bond acceptors (Lipinski definition) is 3. The minimum Gasteiger partial charge on any atom is -0.497 e. The predicted octanol–water partition coefficient (Wildman–Crippen LogP) is 5.50. The van der Waals surface area contributed by atoms with Crippen LogP contribution < -0.4 is 4.74 Å². The molecule has 3 nitrogen and oxygen atoms in total. The van der Waals surface area contributed by atoms with Gasteiger partial charge < -0.3 is 9.47 Å². The van der Waals surface area contributed by atoms with E-state index in [2.05, 4.69) is 25.8 Å². The summed E-state index contributed by atoms with van der Waals surface area (Å²) < 4.78 is 11.1. The van der Waals surface area contributed by atoms with Crippen LogP contribution >= 0.6 is 0 Å². The Morgan fingerprint density at radius 1 is 1.21 bits per heavy atom. The van der Waals surface area contributed by atoms with Crippen LogP contribution in [0, 0.1) is 43.4 Å². The minimum atomic E-state index is -0.669. The molecule has 1 aliphatic carbocycles. The second kappa shape index (κ2) is 8.27. The molecule has 1 aromatic carbocycles. The van der Waals surface area contributed by atoms with Crippen molar-refractivity contribution in [1.29, 1.82) is 0 Å². The number of benzene rings is 1. The zero-order valence-corrected chi connectivity index (χ0v) is 18.3. The molecule has 3 atom stereocenters. The first kappa shape index (κ1) is 21.8. The number of carbonyl (C=O) groups excluding carboxylic acids is 1. The topological polar surface area (TPSA) is 35.5 Å². The van der Waals surface area contributed by atoms with E-state index in [-0.39, 0.29) is 23.2 Å². The Bertz CT molecular complexity index is 837. The third-order valence-corrected chi connectivity index (χ3v) is 5.65. The molecule has 0 heterocycles. The molecular weight excluding hydrogens is 348 g/mol. The summed E-state index contributed by atoms with van der Waals surface area (Å²) in [6.45, 7) is 14.3. The molecule has 1 aliphatic rings. The van der Waals surface area contributed by atoms with E-state index in [0.29, 0.717) is 0 Å². The second-order valence-electron chi connectivity index (χ2n) is 8.62. The molecule has 0 N–H and O–H groups in total. The highest BCUT2D eigenvalue weighted by Crippen LogP contribution is 2.60. The fraction of sp³-hybridized carbons (Fsp3) is 0.480. The SMILES string of the molecule is C#CC(OC(=O)C1C(C=C(C)C)C1(C)C)C(C)=Cc1c(C)cc(OC)cc1C. The highest BCUT2D eigenvalue weighted by atomic mass is 16.5. The molecule has 0 radical (unpaired) electrons. The van der Waals surface area contributed by atoms with Gasteiger partial charge in [0, 0.05) is 0 Å². The average molecular weight is 381 g/mol. The maximum Gasteiger partial charge on any atom is 0.311 e. The van der Waals surface area contributed by atoms with E-state index in [0.717, 1.165) is 28.0 Å². The Kier molecular flexibility index (Phi) is 6.44. The molecule has 2 rings (SSSR count). The molecule has 0 saturated heterocycles. The standard InChI is InChI=1S/C25H32O3/c1-10-22(28-24(26)23-21(11-15(2)3)25(23,7)8)18(6)14-20-16(4)12-19(27-9)13-17(20)5/h1,11-14,21-23H,2-9H3. The van der Waals surface area contributed by atoms with Crippen LogP contribution in [0.1, 0.15) is 51.3 Å². The monoisotopic (exact) mass is 380 g/mol. The number of aryl methyl sites for hydroxylation is 2. The molecular formula is C25H32O3. The van der Waals surface area contributed by atoms with Gasteiger partial charge in [-0.15, -0.1) is 6.42 Å². The van der Waals surface area contributed by atoms with Crippen molar-refractivity contribution in [1.82, 2.24) is 0 Å². The van der Waals surface area contributed by atoms with Gasteiger partial charge in [-0.05, 0) is 80.3 Å². The van der Waals surface area contributed by atoms with Crippen LogP contribution in [0.15, 0.2) is 29.4 Å². The number of ether oxygens (including phenoxy) is 2. The van der Waals surface area contributed by atoms with Crippen molar-refractivity contribution >= 4 is 12.0 Å². The highest BCUT2D eigenvalue weighted by molar-refractivity contribution is 5.79. The second-order valence-corrected chi connectivity index (χ2v) is 8.62. The largest absolute Gasteiger partial charge is 0.497 e. The van der Waals surface area contributed by atoms with Gasteiger partial charge in [0.1, 0.15) is 5.75 Å². The summed E-state index contributed by atoms with van der Waals surface area (Å²) in [5, 5.41) is 0. The van der Waals surface area contributed by atoms with E-state index in [4.69, 9.17) is 15.9 Å². The summed E-state index contributed by atoms with van der Waals surface area (Å²) in [5.74, 6) is 3.30. The zero-order valence-electron chi connectivity index (χ0n) is 18.3. The quantitative estimate of drug-likeness (QED) is 0.371. The van der Waals surface area contributed by atoms with Crippen molar-refractivity contribution in [2.24, 2.45) is 17.3 Å². The van der Waals surface area contributed by atoms with E-state index in [9.17, 15) is 4.79 Å². The lowest BCUT2D eigenvalue weighted by molar-refractivity contribution is -0.147. The first-order valence-electron chi connectivity index (χ1n) is 9.68. The molecule has 1 fully saturated rings. The van der Waals surface area contributed by atoms with Crippen molar-refractivity contribution < 1.29 is 14.3 Å². The Hall–Kier alpha value is -2.47. The lowest BCUT2D eigenvalue weighted by atomic mass is 9.98. The average Bonchev–Trinajstić information content (AvgIpc) is 3.14. The highest BCUT2D eigenvalue weighted by Gasteiger charge is 2.61. The summed E-state index contributed by atoms with van der Waals surface area (Å²) in [5.41, 5.74) is 5.21. The van der Waals surface area contributed by atoms with Crippen LogP contribution in [0.25, 0.3) is 6.08 Å². The lowest BCUT2D eigenvalue weighted by Crippen LogP contribution is -2.20. The normalized spacial score (nSPS) is 21.3. The molecule has 0 aromatic heterocycles. The first-order valence-corrected chi connectivity index (χ1v) is 9.68. The molecule has 3 unspecified atom stereocenters. The minimum absolute atomic E-state index is 0.0890. The van der Waals surface area contributed by atoms with Crippen molar-refractivity contribution in [2.45, 2.75) is 54.6 Å². The van der Waals surface area contributed by atoms with Gasteiger partial charge in [-0.1, -0.05) is 37.5 Å². The van der Waals surface area contributed by atoms with Crippen molar-refractivity contribution in [3.63, 3.8) is 0 Å². The van der Waals surface area contributed by atoms with Gasteiger partial charge in [-0.3, -0.25) is 4.79 Å². The van der Waals surface area contributed by atoms with Crippen LogP contribution in [0.2, 0.25) is 0 Å². The molecule has 150 valence electrons. The first-order chi connectivity index (χ1) is 13.0. The Labute approximate surface area is 169 Å². The Balaban J connectivity index is 2.20. The summed E-state index contributed by atoms with van der Waals surface area (Å²) in [7, 11) is 1.66. The molecule has 1 saturated carbocycles. The summed E-state index contributed by atoms with van der Waals surface area (Å²) in [6, 6.07) is 3.97. The number of rotatable bonds is 6. The fourth-order valence-corrected chi connectivity index (χ4v) is 3.83. The number of carbonyl (C=O) groups is 1. The van der Waals surface area contributed by atoms with Crippen molar-refractivity contribution in [3.05, 3.63) is 46.0 Å². The lowest BCUT2D eigenvalue weighted by Gasteiger charge is -2.16. The number of esters is 1. The third kappa shape index (κ3) is 4.50. The van der Waals surface area contributed by atoms with Gasteiger partial charge in [-0.2, -0.15) is 0 Å². The Morgan fingerprint density at radius 2 is 1.79 bits per heavy atom. The van der Waals surface area contributed by atoms with Crippen LogP contribution in [0.4, 0.5) is 0 Å². The number of hydrogen-bond donors (Lipinski definition) is 0. The fourth-order valence-electron chi connectivity index (χ4n) is 3.83. The smallest absolute Gasteiger partial charge is 0.311 e. The maximum absolute atomic E-state index is 12.8. The summed E-state index contributed by atoms with van der Waals surface area (Å²) in [6.07, 6.45) is 9.20. The van der Waals surface area contributed by atoms with Gasteiger partial charge in [0.25, 0.3) is 0 Å². The molecule has 28 heavy (non-hydrogen) atoms. The molecule has 0 amide bonds. The van der Waals surface area contributed by atoms with E-state index in [1.165, 1.54) is 5.57 Å². The van der Waals surface area contributed by atoms with Gasteiger partial charge in [0.05, 0.1) is 13.0 Å². The van der Waals surface area contributed by atoms with E-state index >= 15 is 0 Å². The maximum atomic E-state index is 12.8. The van der Waals surface area contributed by atoms with Crippen LogP contribution in [-0.4, -0.2) is 19.2 Å². The molecule has 0 aliphatic heterocycles. The molecule has 1 aromatic rings. The van der Waals surface area contributed by atoms with E-state index in [1.807, 2.05) is 52.8 Å². The van der Waals surface area contributed by atoms with Crippen LogP contribution in [0.5, 0.6) is 5.75 Å². The van der Waals surface area contributed by atoms with Crippen LogP contribution in [0.3, 0.4) is 0 Å². The third-order valence-electron chi connectivity index (χ3n) is 5.65. The molecule has 0 bridgehead atoms. The molecule has 0 spiro atoms. The summed E-state index contributed by atoms with van der Waals surface area (Å²) >= 11 is 0. The number of allylic oxidation sites excluding steroid dienone is 2. The van der Waals surface area contributed by atoms with Gasteiger partial charge >= 0.3 is 5.97 Å². The van der Waals surface area contributed by atoms with Crippen molar-refractivity contribution in [2.75, 3.05) is 7.11 Å². The summed E-state index contributed by atoms with van der Waals surface area (Å²) in [4.78, 5) is 12.8. The Morgan fingerprint density at radius 3 is 2.25 bits per heavy atom. The number of terminal acetylenes is 1. The van der Waals surface area contributed by atoms with Gasteiger partial charge in [0.2, 0.25) is 0 Å². The van der Waals surface area contributed by atoms with Gasteiger partial charge in [-0.25, -0.2) is 0 Å². The predicted molar refractivity (Wildman–Crippen MR) is 115 cm³/mol. The van der Waals surface area contributed by atoms with Gasteiger partial charge in [0.15, 0.2) is 6.10 Å². The molecule has 3 heteroatoms. The van der Waals surface area contributed by atoms with Crippen LogP contribution in [-0.2, 0) is 9.53 Å². The van der Waals surface area contributed by atoms with E-state index < -0.39 is 6.10 Å². The number of methoxy groups -OCH3 is 1.